The Morgan fingerprint density at radius 3 is 2.10 bits per heavy atom. The zero-order valence-electron chi connectivity index (χ0n) is 10.9. The lowest BCUT2D eigenvalue weighted by molar-refractivity contribution is -0.137. The van der Waals surface area contributed by atoms with Gasteiger partial charge in [-0.3, -0.25) is 0 Å². The maximum Gasteiger partial charge on any atom is 0.416 e. The van der Waals surface area contributed by atoms with E-state index < -0.39 is 11.7 Å². The zero-order valence-corrected chi connectivity index (χ0v) is 10.9. The molecule has 0 radical (unpaired) electrons. The van der Waals surface area contributed by atoms with Gasteiger partial charge < -0.3 is 0 Å². The molecular weight excluding hydrogens is 261 g/mol. The summed E-state index contributed by atoms with van der Waals surface area (Å²) in [5.41, 5.74) is 1.43. The minimum absolute atomic E-state index is 0.612. The first kappa shape index (κ1) is 14.4. The first-order valence-corrected chi connectivity index (χ1v) is 6.43. The van der Waals surface area contributed by atoms with Gasteiger partial charge in [0, 0.05) is 0 Å². The Hall–Kier alpha value is -2.03. The van der Waals surface area contributed by atoms with Gasteiger partial charge in [-0.2, -0.15) is 13.2 Å². The van der Waals surface area contributed by atoms with E-state index in [9.17, 15) is 13.2 Å². The summed E-state index contributed by atoms with van der Waals surface area (Å²) in [5.74, 6) is 0. The lowest BCUT2D eigenvalue weighted by Gasteiger charge is -2.05. The molecule has 0 saturated carbocycles. The van der Waals surface area contributed by atoms with Crippen LogP contribution in [0.25, 0.3) is 6.08 Å². The van der Waals surface area contributed by atoms with E-state index >= 15 is 0 Å². The predicted molar refractivity (Wildman–Crippen MR) is 75.2 cm³/mol. The standard InChI is InChI=1S/C17H15F3/c18-17(19,20)16-12-10-15(11-13-16)9-5-4-8-14-6-2-1-3-7-14/h1-3,5-7,9-13H,4,8H2. The third kappa shape index (κ3) is 4.26. The summed E-state index contributed by atoms with van der Waals surface area (Å²) in [5, 5.41) is 0. The van der Waals surface area contributed by atoms with Crippen LogP contribution in [-0.4, -0.2) is 0 Å². The van der Waals surface area contributed by atoms with Gasteiger partial charge in [-0.25, -0.2) is 0 Å². The van der Waals surface area contributed by atoms with Crippen molar-refractivity contribution in [3.63, 3.8) is 0 Å². The Morgan fingerprint density at radius 2 is 1.50 bits per heavy atom. The fourth-order valence-corrected chi connectivity index (χ4v) is 1.90. The third-order valence-electron chi connectivity index (χ3n) is 2.99. The molecule has 0 aliphatic rings. The summed E-state index contributed by atoms with van der Waals surface area (Å²) in [6.45, 7) is 0. The first-order chi connectivity index (χ1) is 9.55. The van der Waals surface area contributed by atoms with Gasteiger partial charge in [-0.05, 0) is 36.1 Å². The van der Waals surface area contributed by atoms with E-state index in [1.165, 1.54) is 17.7 Å². The van der Waals surface area contributed by atoms with E-state index in [4.69, 9.17) is 0 Å². The molecule has 0 unspecified atom stereocenters. The van der Waals surface area contributed by atoms with Crippen LogP contribution < -0.4 is 0 Å². The Morgan fingerprint density at radius 1 is 0.850 bits per heavy atom. The highest BCUT2D eigenvalue weighted by Crippen LogP contribution is 2.29. The van der Waals surface area contributed by atoms with Crippen LogP contribution in [0.4, 0.5) is 13.2 Å². The first-order valence-electron chi connectivity index (χ1n) is 6.43. The second-order valence-corrected chi connectivity index (χ2v) is 4.55. The average Bonchev–Trinajstić information content (AvgIpc) is 2.44. The number of rotatable bonds is 4. The van der Waals surface area contributed by atoms with Crippen LogP contribution in [0.5, 0.6) is 0 Å². The molecule has 0 aliphatic heterocycles. The largest absolute Gasteiger partial charge is 0.416 e. The topological polar surface area (TPSA) is 0 Å². The Balaban J connectivity index is 1.89. The van der Waals surface area contributed by atoms with Crippen LogP contribution in [0.2, 0.25) is 0 Å². The molecule has 3 heteroatoms. The van der Waals surface area contributed by atoms with Gasteiger partial charge in [0.2, 0.25) is 0 Å². The van der Waals surface area contributed by atoms with Gasteiger partial charge in [-0.15, -0.1) is 0 Å². The monoisotopic (exact) mass is 276 g/mol. The maximum absolute atomic E-state index is 12.4. The van der Waals surface area contributed by atoms with Crippen molar-refractivity contribution in [3.05, 3.63) is 77.4 Å². The average molecular weight is 276 g/mol. The highest BCUT2D eigenvalue weighted by atomic mass is 19.4. The second kappa shape index (κ2) is 6.42. The second-order valence-electron chi connectivity index (χ2n) is 4.55. The van der Waals surface area contributed by atoms with E-state index in [-0.39, 0.29) is 0 Å². The van der Waals surface area contributed by atoms with Crippen LogP contribution >= 0.6 is 0 Å². The Labute approximate surface area is 116 Å². The number of aryl methyl sites for hydroxylation is 1. The van der Waals surface area contributed by atoms with Crippen molar-refractivity contribution in [2.24, 2.45) is 0 Å². The summed E-state index contributed by atoms with van der Waals surface area (Å²) in [6.07, 6.45) is 1.36. The predicted octanol–water partition coefficient (Wildman–Crippen LogP) is 5.35. The minimum atomic E-state index is -4.27. The molecule has 0 amide bonds. The number of allylic oxidation sites excluding steroid dienone is 1. The lowest BCUT2D eigenvalue weighted by atomic mass is 10.1. The molecule has 104 valence electrons. The van der Waals surface area contributed by atoms with Crippen molar-refractivity contribution in [1.29, 1.82) is 0 Å². The summed E-state index contributed by atoms with van der Waals surface area (Å²) < 4.78 is 37.2. The molecule has 0 atom stereocenters. The van der Waals surface area contributed by atoms with E-state index in [2.05, 4.69) is 12.1 Å². The van der Waals surface area contributed by atoms with Crippen molar-refractivity contribution in [2.45, 2.75) is 19.0 Å². The van der Waals surface area contributed by atoms with Crippen LogP contribution in [0, 0.1) is 0 Å². The fourth-order valence-electron chi connectivity index (χ4n) is 1.90. The SMILES string of the molecule is FC(F)(F)c1ccc(C=CCCc2ccccc2)cc1. The van der Waals surface area contributed by atoms with Gasteiger partial charge in [0.05, 0.1) is 5.56 Å². The zero-order chi connectivity index (χ0) is 14.4. The van der Waals surface area contributed by atoms with Crippen molar-refractivity contribution in [3.8, 4) is 0 Å². The van der Waals surface area contributed by atoms with Crippen molar-refractivity contribution < 1.29 is 13.2 Å². The molecule has 0 bridgehead atoms. The van der Waals surface area contributed by atoms with Gasteiger partial charge in [0.25, 0.3) is 0 Å². The molecule has 2 aromatic rings. The van der Waals surface area contributed by atoms with Crippen molar-refractivity contribution >= 4 is 6.08 Å². The van der Waals surface area contributed by atoms with Gasteiger partial charge in [0.15, 0.2) is 0 Å². The van der Waals surface area contributed by atoms with E-state index in [1.807, 2.05) is 30.4 Å². The van der Waals surface area contributed by atoms with Gasteiger partial charge in [-0.1, -0.05) is 54.6 Å². The third-order valence-corrected chi connectivity index (χ3v) is 2.99. The quantitative estimate of drug-likeness (QED) is 0.706. The molecule has 0 saturated heterocycles. The Kier molecular flexibility index (Phi) is 4.61. The maximum atomic E-state index is 12.4. The van der Waals surface area contributed by atoms with E-state index in [0.29, 0.717) is 0 Å². The summed E-state index contributed by atoms with van der Waals surface area (Å²) in [4.78, 5) is 0. The van der Waals surface area contributed by atoms with Crippen LogP contribution in [0.1, 0.15) is 23.1 Å². The number of benzene rings is 2. The smallest absolute Gasteiger partial charge is 0.166 e. The van der Waals surface area contributed by atoms with Gasteiger partial charge >= 0.3 is 6.18 Å². The van der Waals surface area contributed by atoms with Crippen LogP contribution in [0.3, 0.4) is 0 Å². The van der Waals surface area contributed by atoms with Crippen molar-refractivity contribution in [1.82, 2.24) is 0 Å². The number of hydrogen-bond acceptors (Lipinski definition) is 0. The van der Waals surface area contributed by atoms with Crippen LogP contribution in [0.15, 0.2) is 60.7 Å². The number of hydrogen-bond donors (Lipinski definition) is 0. The van der Waals surface area contributed by atoms with Crippen LogP contribution in [-0.2, 0) is 12.6 Å². The Bertz CT molecular complexity index is 551. The van der Waals surface area contributed by atoms with E-state index in [1.54, 1.807) is 0 Å². The molecule has 2 rings (SSSR count). The molecule has 0 N–H and O–H groups in total. The summed E-state index contributed by atoms with van der Waals surface area (Å²) in [6, 6.07) is 15.3. The molecule has 20 heavy (non-hydrogen) atoms. The highest BCUT2D eigenvalue weighted by molar-refractivity contribution is 5.49. The molecule has 0 aliphatic carbocycles. The summed E-state index contributed by atoms with van der Waals surface area (Å²) >= 11 is 0. The number of alkyl halides is 3. The van der Waals surface area contributed by atoms with Crippen molar-refractivity contribution in [2.75, 3.05) is 0 Å². The molecular formula is C17H15F3. The molecule has 0 nitrogen and oxygen atoms in total. The minimum Gasteiger partial charge on any atom is -0.166 e. The molecule has 0 heterocycles. The molecule has 0 fully saturated rings. The molecule has 0 aromatic heterocycles. The fraction of sp³-hybridized carbons (Fsp3) is 0.176. The molecule has 0 spiro atoms. The van der Waals surface area contributed by atoms with E-state index in [0.717, 1.165) is 30.5 Å². The number of halogens is 3. The van der Waals surface area contributed by atoms with Gasteiger partial charge in [0.1, 0.15) is 0 Å². The highest BCUT2D eigenvalue weighted by Gasteiger charge is 2.29. The lowest BCUT2D eigenvalue weighted by Crippen LogP contribution is -2.03. The summed E-state index contributed by atoms with van der Waals surface area (Å²) in [7, 11) is 0. The molecule has 2 aromatic carbocycles. The normalized spacial score (nSPS) is 11.9.